The van der Waals surface area contributed by atoms with Crippen molar-refractivity contribution in [3.63, 3.8) is 0 Å². The van der Waals surface area contributed by atoms with Gasteiger partial charge in [-0.25, -0.2) is 0 Å². The average Bonchev–Trinajstić information content (AvgIpc) is 3.19. The van der Waals surface area contributed by atoms with Crippen molar-refractivity contribution in [3.8, 4) is 0 Å². The first-order chi connectivity index (χ1) is 10.2. The van der Waals surface area contributed by atoms with Gasteiger partial charge in [0.15, 0.2) is 0 Å². The van der Waals surface area contributed by atoms with Crippen molar-refractivity contribution < 1.29 is 9.53 Å². The third-order valence-corrected chi connectivity index (χ3v) is 6.59. The Balaban J connectivity index is 1.35. The number of carbonyl (C=O) groups is 1. The first-order valence-corrected chi connectivity index (χ1v) is 8.86. The monoisotopic (exact) mass is 292 g/mol. The molecule has 0 aromatic carbocycles. The highest BCUT2D eigenvalue weighted by molar-refractivity contribution is 5.81. The Morgan fingerprint density at radius 3 is 2.71 bits per heavy atom. The van der Waals surface area contributed by atoms with Crippen molar-refractivity contribution in [1.29, 1.82) is 0 Å². The number of carbonyl (C=O) groups excluding carboxylic acids is 1. The molecular formula is C17H28N2O2. The molecule has 1 saturated heterocycles. The summed E-state index contributed by atoms with van der Waals surface area (Å²) in [5.74, 6) is 4.06. The van der Waals surface area contributed by atoms with Crippen LogP contribution in [0, 0.1) is 23.7 Å². The van der Waals surface area contributed by atoms with Gasteiger partial charge in [-0.05, 0) is 56.3 Å². The maximum absolute atomic E-state index is 12.5. The highest BCUT2D eigenvalue weighted by Crippen LogP contribution is 2.58. The number of ether oxygens (including phenoxy) is 1. The van der Waals surface area contributed by atoms with Crippen molar-refractivity contribution in [3.05, 3.63) is 0 Å². The van der Waals surface area contributed by atoms with E-state index >= 15 is 0 Å². The molecule has 0 unspecified atom stereocenters. The lowest BCUT2D eigenvalue weighted by molar-refractivity contribution is -0.137. The fourth-order valence-corrected chi connectivity index (χ4v) is 5.71. The molecule has 2 bridgehead atoms. The predicted octanol–water partition coefficient (Wildman–Crippen LogP) is 1.65. The molecule has 4 heteroatoms. The maximum Gasteiger partial charge on any atom is 0.239 e. The zero-order chi connectivity index (χ0) is 14.4. The molecular weight excluding hydrogens is 264 g/mol. The van der Waals surface area contributed by atoms with Crippen LogP contribution in [0.5, 0.6) is 0 Å². The zero-order valence-corrected chi connectivity index (χ0v) is 13.1. The highest BCUT2D eigenvalue weighted by Gasteiger charge is 2.53. The minimum Gasteiger partial charge on any atom is -0.378 e. The fraction of sp³-hybridized carbons (Fsp3) is 0.941. The zero-order valence-electron chi connectivity index (χ0n) is 13.1. The first kappa shape index (κ1) is 14.0. The second-order valence-electron chi connectivity index (χ2n) is 7.59. The van der Waals surface area contributed by atoms with Crippen LogP contribution in [-0.4, -0.2) is 49.2 Å². The number of rotatable bonds is 3. The molecule has 1 aliphatic heterocycles. The third kappa shape index (κ3) is 2.40. The average molecular weight is 292 g/mol. The molecule has 0 aromatic heterocycles. The van der Waals surface area contributed by atoms with Gasteiger partial charge >= 0.3 is 0 Å². The van der Waals surface area contributed by atoms with Gasteiger partial charge in [-0.1, -0.05) is 6.42 Å². The van der Waals surface area contributed by atoms with Gasteiger partial charge < -0.3 is 15.0 Å². The fourth-order valence-electron chi connectivity index (χ4n) is 5.71. The van der Waals surface area contributed by atoms with E-state index in [1.54, 1.807) is 0 Å². The Morgan fingerprint density at radius 2 is 1.90 bits per heavy atom. The predicted molar refractivity (Wildman–Crippen MR) is 80.8 cm³/mol. The van der Waals surface area contributed by atoms with E-state index in [2.05, 4.69) is 12.2 Å². The van der Waals surface area contributed by atoms with Crippen LogP contribution in [0.15, 0.2) is 0 Å². The Hall–Kier alpha value is -0.610. The lowest BCUT2D eigenvalue weighted by atomic mass is 9.79. The standard InChI is InChI=1S/C17H28N2O2/c1-11(17(20)19-5-7-21-8-6-19)18-16-10-12-9-15(16)14-4-2-3-13(12)14/h11-16,18H,2-10H2,1H3/t11-,12-,13-,14+,15+,16-/m0/s1. The summed E-state index contributed by atoms with van der Waals surface area (Å²) in [6, 6.07) is 0.557. The molecule has 118 valence electrons. The van der Waals surface area contributed by atoms with Crippen LogP contribution in [-0.2, 0) is 9.53 Å². The molecule has 0 radical (unpaired) electrons. The highest BCUT2D eigenvalue weighted by atomic mass is 16.5. The molecule has 6 atom stereocenters. The number of hydrogen-bond acceptors (Lipinski definition) is 3. The van der Waals surface area contributed by atoms with Crippen LogP contribution in [0.1, 0.15) is 39.0 Å². The molecule has 0 aromatic rings. The summed E-state index contributed by atoms with van der Waals surface area (Å²) in [5.41, 5.74) is 0. The Morgan fingerprint density at radius 1 is 1.14 bits per heavy atom. The van der Waals surface area contributed by atoms with E-state index < -0.39 is 0 Å². The summed E-state index contributed by atoms with van der Waals surface area (Å²) in [5, 5.41) is 3.69. The van der Waals surface area contributed by atoms with Gasteiger partial charge in [-0.3, -0.25) is 4.79 Å². The quantitative estimate of drug-likeness (QED) is 0.860. The Kier molecular flexibility index (Phi) is 3.70. The topological polar surface area (TPSA) is 41.6 Å². The SMILES string of the molecule is C[C@H](N[C@H]1C[C@@H]2C[C@@H]1[C@@H]1CCC[C@@H]21)C(=O)N1CCOCC1. The summed E-state index contributed by atoms with van der Waals surface area (Å²) >= 11 is 0. The van der Waals surface area contributed by atoms with Gasteiger partial charge in [-0.15, -0.1) is 0 Å². The molecule has 1 N–H and O–H groups in total. The molecule has 1 amide bonds. The van der Waals surface area contributed by atoms with Crippen molar-refractivity contribution in [1.82, 2.24) is 10.2 Å². The summed E-state index contributed by atoms with van der Waals surface area (Å²) in [7, 11) is 0. The summed E-state index contributed by atoms with van der Waals surface area (Å²) < 4.78 is 5.34. The van der Waals surface area contributed by atoms with Crippen molar-refractivity contribution in [2.24, 2.45) is 23.7 Å². The minimum absolute atomic E-state index is 0.0349. The van der Waals surface area contributed by atoms with Crippen LogP contribution < -0.4 is 5.32 Å². The van der Waals surface area contributed by atoms with Crippen molar-refractivity contribution in [2.45, 2.75) is 51.1 Å². The number of nitrogens with one attached hydrogen (secondary N) is 1. The van der Waals surface area contributed by atoms with Crippen LogP contribution in [0.25, 0.3) is 0 Å². The smallest absolute Gasteiger partial charge is 0.239 e. The summed E-state index contributed by atoms with van der Waals surface area (Å²) in [6.45, 7) is 4.95. The van der Waals surface area contributed by atoms with Gasteiger partial charge in [0.05, 0.1) is 19.3 Å². The molecule has 4 nitrogen and oxygen atoms in total. The molecule has 21 heavy (non-hydrogen) atoms. The molecule has 4 aliphatic rings. The van der Waals surface area contributed by atoms with E-state index in [4.69, 9.17) is 4.74 Å². The largest absolute Gasteiger partial charge is 0.378 e. The van der Waals surface area contributed by atoms with Crippen LogP contribution in [0.2, 0.25) is 0 Å². The number of morpholine rings is 1. The lowest BCUT2D eigenvalue weighted by Gasteiger charge is -2.35. The number of nitrogens with zero attached hydrogens (tertiary/aromatic N) is 1. The summed E-state index contributed by atoms with van der Waals surface area (Å²) in [4.78, 5) is 14.5. The number of hydrogen-bond donors (Lipinski definition) is 1. The van der Waals surface area contributed by atoms with Crippen LogP contribution in [0.3, 0.4) is 0 Å². The van der Waals surface area contributed by atoms with Gasteiger partial charge in [0, 0.05) is 19.1 Å². The van der Waals surface area contributed by atoms with Gasteiger partial charge in [-0.2, -0.15) is 0 Å². The Labute approximate surface area is 127 Å². The molecule has 1 heterocycles. The first-order valence-electron chi connectivity index (χ1n) is 8.86. The number of fused-ring (bicyclic) bond motifs is 5. The molecule has 3 saturated carbocycles. The second kappa shape index (κ2) is 5.54. The second-order valence-corrected chi connectivity index (χ2v) is 7.59. The maximum atomic E-state index is 12.5. The van der Waals surface area contributed by atoms with Crippen LogP contribution >= 0.6 is 0 Å². The van der Waals surface area contributed by atoms with Crippen LogP contribution in [0.4, 0.5) is 0 Å². The normalized spacial score (nSPS) is 43.1. The molecule has 0 spiro atoms. The van der Waals surface area contributed by atoms with Crippen molar-refractivity contribution >= 4 is 5.91 Å². The van der Waals surface area contributed by atoms with E-state index in [9.17, 15) is 4.79 Å². The summed E-state index contributed by atoms with van der Waals surface area (Å²) in [6.07, 6.45) is 7.09. The third-order valence-electron chi connectivity index (χ3n) is 6.59. The molecule has 3 aliphatic carbocycles. The number of amides is 1. The van der Waals surface area contributed by atoms with Gasteiger partial charge in [0.1, 0.15) is 0 Å². The van der Waals surface area contributed by atoms with E-state index in [0.29, 0.717) is 19.3 Å². The van der Waals surface area contributed by atoms with E-state index in [-0.39, 0.29) is 11.9 Å². The van der Waals surface area contributed by atoms with Gasteiger partial charge in [0.25, 0.3) is 0 Å². The van der Waals surface area contributed by atoms with E-state index in [1.165, 1.54) is 32.1 Å². The Bertz CT molecular complexity index is 408. The van der Waals surface area contributed by atoms with E-state index in [1.807, 2.05) is 4.90 Å². The van der Waals surface area contributed by atoms with Gasteiger partial charge in [0.2, 0.25) is 5.91 Å². The van der Waals surface area contributed by atoms with E-state index in [0.717, 1.165) is 36.8 Å². The van der Waals surface area contributed by atoms with Crippen molar-refractivity contribution in [2.75, 3.05) is 26.3 Å². The minimum atomic E-state index is -0.0349. The molecule has 4 rings (SSSR count). The lowest BCUT2D eigenvalue weighted by Crippen LogP contribution is -2.53. The molecule has 4 fully saturated rings.